The minimum absolute atomic E-state index is 0.175. The third-order valence-corrected chi connectivity index (χ3v) is 2.97. The summed E-state index contributed by atoms with van der Waals surface area (Å²) >= 11 is 0. The van der Waals surface area contributed by atoms with Crippen LogP contribution in [0, 0.1) is 0 Å². The van der Waals surface area contributed by atoms with Crippen LogP contribution in [-0.2, 0) is 0 Å². The summed E-state index contributed by atoms with van der Waals surface area (Å²) < 4.78 is 16.5. The van der Waals surface area contributed by atoms with Crippen LogP contribution in [0.25, 0.3) is 0 Å². The van der Waals surface area contributed by atoms with Gasteiger partial charge in [0.1, 0.15) is 23.9 Å². The number of hydrogen-bond acceptors (Lipinski definition) is 4. The molecule has 4 heteroatoms. The van der Waals surface area contributed by atoms with E-state index in [-0.39, 0.29) is 6.10 Å². The average Bonchev–Trinajstić information content (AvgIpc) is 2.52. The molecule has 2 aromatic rings. The molecule has 2 aromatic carbocycles. The number of benzene rings is 2. The fourth-order valence-corrected chi connectivity index (χ4v) is 1.99. The van der Waals surface area contributed by atoms with Crippen molar-refractivity contribution in [2.75, 3.05) is 25.6 Å². The number of rotatable bonds is 8. The van der Waals surface area contributed by atoms with E-state index in [0.717, 1.165) is 29.5 Å². The minimum atomic E-state index is 0.175. The van der Waals surface area contributed by atoms with Crippen LogP contribution in [0.3, 0.4) is 0 Å². The molecule has 22 heavy (non-hydrogen) atoms. The van der Waals surface area contributed by atoms with Gasteiger partial charge in [-0.25, -0.2) is 0 Å². The highest BCUT2D eigenvalue weighted by Crippen LogP contribution is 2.19. The summed E-state index contributed by atoms with van der Waals surface area (Å²) in [7, 11) is 1.65. The Bertz CT molecular complexity index is 567. The molecule has 0 aliphatic rings. The maximum atomic E-state index is 5.67. The van der Waals surface area contributed by atoms with Crippen molar-refractivity contribution in [3.63, 3.8) is 0 Å². The summed E-state index contributed by atoms with van der Waals surface area (Å²) in [4.78, 5) is 0. The normalized spacial score (nSPS) is 10.4. The van der Waals surface area contributed by atoms with Crippen molar-refractivity contribution in [3.8, 4) is 17.2 Å². The Labute approximate surface area is 132 Å². The lowest BCUT2D eigenvalue weighted by atomic mass is 10.3. The van der Waals surface area contributed by atoms with Crippen LogP contribution in [-0.4, -0.2) is 26.4 Å². The fourth-order valence-electron chi connectivity index (χ4n) is 1.99. The number of nitrogens with one attached hydrogen (secondary N) is 1. The van der Waals surface area contributed by atoms with E-state index in [4.69, 9.17) is 14.2 Å². The average molecular weight is 301 g/mol. The Morgan fingerprint density at radius 2 is 1.68 bits per heavy atom. The zero-order valence-corrected chi connectivity index (χ0v) is 13.3. The molecular weight excluding hydrogens is 278 g/mol. The van der Waals surface area contributed by atoms with Crippen molar-refractivity contribution >= 4 is 5.69 Å². The van der Waals surface area contributed by atoms with Crippen LogP contribution in [0.4, 0.5) is 5.69 Å². The van der Waals surface area contributed by atoms with E-state index < -0.39 is 0 Å². The van der Waals surface area contributed by atoms with Gasteiger partial charge in [-0.05, 0) is 50.2 Å². The lowest BCUT2D eigenvalue weighted by molar-refractivity contribution is 0.242. The second-order valence-corrected chi connectivity index (χ2v) is 5.15. The monoisotopic (exact) mass is 301 g/mol. The molecule has 0 bridgehead atoms. The van der Waals surface area contributed by atoms with E-state index in [9.17, 15) is 0 Å². The Hall–Kier alpha value is -2.36. The van der Waals surface area contributed by atoms with E-state index in [2.05, 4.69) is 5.32 Å². The number of hydrogen-bond donors (Lipinski definition) is 1. The molecule has 0 radical (unpaired) electrons. The summed E-state index contributed by atoms with van der Waals surface area (Å²) in [6.45, 7) is 5.34. The lowest BCUT2D eigenvalue weighted by Crippen LogP contribution is -2.11. The highest BCUT2D eigenvalue weighted by Gasteiger charge is 2.00. The van der Waals surface area contributed by atoms with Crippen molar-refractivity contribution < 1.29 is 14.2 Å². The van der Waals surface area contributed by atoms with Crippen LogP contribution in [0.15, 0.2) is 48.5 Å². The predicted molar refractivity (Wildman–Crippen MR) is 89.2 cm³/mol. The molecule has 0 aromatic heterocycles. The Balaban J connectivity index is 1.76. The molecule has 0 saturated heterocycles. The molecule has 0 aliphatic heterocycles. The topological polar surface area (TPSA) is 39.7 Å². The van der Waals surface area contributed by atoms with Gasteiger partial charge in [0.2, 0.25) is 0 Å². The van der Waals surface area contributed by atoms with Crippen molar-refractivity contribution in [1.29, 1.82) is 0 Å². The van der Waals surface area contributed by atoms with Crippen LogP contribution >= 0.6 is 0 Å². The first-order valence-electron chi connectivity index (χ1n) is 7.45. The standard InChI is InChI=1S/C18H23NO3/c1-14(2)22-18-6-4-5-15(13-18)19-11-12-21-17-9-7-16(20-3)8-10-17/h4-10,13-14,19H,11-12H2,1-3H3. The molecule has 0 atom stereocenters. The van der Waals surface area contributed by atoms with Gasteiger partial charge in [-0.2, -0.15) is 0 Å². The number of ether oxygens (including phenoxy) is 3. The van der Waals surface area contributed by atoms with E-state index >= 15 is 0 Å². The van der Waals surface area contributed by atoms with Gasteiger partial charge in [0.15, 0.2) is 0 Å². The largest absolute Gasteiger partial charge is 0.497 e. The summed E-state index contributed by atoms with van der Waals surface area (Å²) in [5.41, 5.74) is 1.02. The fraction of sp³-hybridized carbons (Fsp3) is 0.333. The second-order valence-electron chi connectivity index (χ2n) is 5.15. The molecule has 1 N–H and O–H groups in total. The van der Waals surface area contributed by atoms with Gasteiger partial charge in [-0.3, -0.25) is 0 Å². The van der Waals surface area contributed by atoms with Crippen LogP contribution in [0.1, 0.15) is 13.8 Å². The Morgan fingerprint density at radius 3 is 2.36 bits per heavy atom. The van der Waals surface area contributed by atoms with Gasteiger partial charge in [0.25, 0.3) is 0 Å². The predicted octanol–water partition coefficient (Wildman–Crippen LogP) is 3.97. The first-order chi connectivity index (χ1) is 10.7. The van der Waals surface area contributed by atoms with Crippen LogP contribution in [0.5, 0.6) is 17.2 Å². The zero-order valence-electron chi connectivity index (χ0n) is 13.3. The second kappa shape index (κ2) is 8.17. The van der Waals surface area contributed by atoms with Crippen molar-refractivity contribution in [2.24, 2.45) is 0 Å². The molecular formula is C18H23NO3. The quantitative estimate of drug-likeness (QED) is 0.749. The van der Waals surface area contributed by atoms with E-state index in [1.165, 1.54) is 0 Å². The maximum absolute atomic E-state index is 5.67. The summed E-state index contributed by atoms with van der Waals surface area (Å²) in [6, 6.07) is 15.5. The first-order valence-corrected chi connectivity index (χ1v) is 7.45. The highest BCUT2D eigenvalue weighted by molar-refractivity contribution is 5.48. The highest BCUT2D eigenvalue weighted by atomic mass is 16.5. The molecule has 0 aliphatic carbocycles. The van der Waals surface area contributed by atoms with Crippen molar-refractivity contribution in [1.82, 2.24) is 0 Å². The third kappa shape index (κ3) is 5.20. The first kappa shape index (κ1) is 16.0. The van der Waals surface area contributed by atoms with E-state index in [1.807, 2.05) is 62.4 Å². The van der Waals surface area contributed by atoms with E-state index in [0.29, 0.717) is 6.61 Å². The van der Waals surface area contributed by atoms with Gasteiger partial charge in [0, 0.05) is 18.3 Å². The summed E-state index contributed by atoms with van der Waals surface area (Å²) in [5.74, 6) is 2.53. The Kier molecular flexibility index (Phi) is 5.95. The molecule has 118 valence electrons. The smallest absolute Gasteiger partial charge is 0.121 e. The third-order valence-electron chi connectivity index (χ3n) is 2.97. The molecule has 0 spiro atoms. The summed E-state index contributed by atoms with van der Waals surface area (Å²) in [5, 5.41) is 3.32. The molecule has 0 heterocycles. The lowest BCUT2D eigenvalue weighted by Gasteiger charge is -2.12. The minimum Gasteiger partial charge on any atom is -0.497 e. The Morgan fingerprint density at radius 1 is 0.955 bits per heavy atom. The molecule has 0 saturated carbocycles. The van der Waals surface area contributed by atoms with Crippen LogP contribution in [0.2, 0.25) is 0 Å². The van der Waals surface area contributed by atoms with Crippen molar-refractivity contribution in [3.05, 3.63) is 48.5 Å². The summed E-state index contributed by atoms with van der Waals surface area (Å²) in [6.07, 6.45) is 0.175. The van der Waals surface area contributed by atoms with Crippen molar-refractivity contribution in [2.45, 2.75) is 20.0 Å². The van der Waals surface area contributed by atoms with Gasteiger partial charge >= 0.3 is 0 Å². The molecule has 0 amide bonds. The van der Waals surface area contributed by atoms with Gasteiger partial charge < -0.3 is 19.5 Å². The molecule has 0 fully saturated rings. The van der Waals surface area contributed by atoms with Gasteiger partial charge in [-0.1, -0.05) is 6.07 Å². The zero-order chi connectivity index (χ0) is 15.8. The maximum Gasteiger partial charge on any atom is 0.121 e. The van der Waals surface area contributed by atoms with Crippen LogP contribution < -0.4 is 19.5 Å². The molecule has 0 unspecified atom stereocenters. The molecule has 4 nitrogen and oxygen atoms in total. The SMILES string of the molecule is COc1ccc(OCCNc2cccc(OC(C)C)c2)cc1. The number of methoxy groups -OCH3 is 1. The van der Waals surface area contributed by atoms with E-state index in [1.54, 1.807) is 7.11 Å². The molecule has 2 rings (SSSR count). The number of anilines is 1. The van der Waals surface area contributed by atoms with Gasteiger partial charge in [-0.15, -0.1) is 0 Å². The van der Waals surface area contributed by atoms with Gasteiger partial charge in [0.05, 0.1) is 13.2 Å².